The van der Waals surface area contributed by atoms with Gasteiger partial charge in [-0.25, -0.2) is 0 Å². The molecule has 18 heavy (non-hydrogen) atoms. The lowest BCUT2D eigenvalue weighted by molar-refractivity contribution is -0.154. The van der Waals surface area contributed by atoms with E-state index in [-0.39, 0.29) is 11.6 Å². The van der Waals surface area contributed by atoms with Crippen LogP contribution in [0.5, 0.6) is 0 Å². The van der Waals surface area contributed by atoms with Gasteiger partial charge in [-0.2, -0.15) is 0 Å². The minimum Gasteiger partial charge on any atom is -0.460 e. The second-order valence-corrected chi connectivity index (χ2v) is 6.13. The maximum absolute atomic E-state index is 11.0. The topological polar surface area (TPSA) is 26.3 Å². The van der Waals surface area contributed by atoms with E-state index < -0.39 is 0 Å². The van der Waals surface area contributed by atoms with Gasteiger partial charge in [0, 0.05) is 6.92 Å². The van der Waals surface area contributed by atoms with E-state index in [0.29, 0.717) is 0 Å². The second-order valence-electron chi connectivity index (χ2n) is 6.13. The number of rotatable bonds is 5. The second kappa shape index (κ2) is 6.96. The molecule has 2 heteroatoms. The van der Waals surface area contributed by atoms with Gasteiger partial charge in [-0.3, -0.25) is 4.79 Å². The van der Waals surface area contributed by atoms with E-state index in [9.17, 15) is 4.79 Å². The zero-order valence-corrected chi connectivity index (χ0v) is 12.4. The van der Waals surface area contributed by atoms with E-state index >= 15 is 0 Å². The Hall–Kier alpha value is -0.790. The van der Waals surface area contributed by atoms with Gasteiger partial charge in [-0.1, -0.05) is 18.6 Å². The fourth-order valence-corrected chi connectivity index (χ4v) is 2.91. The van der Waals surface area contributed by atoms with Gasteiger partial charge in [0.05, 0.1) is 0 Å². The zero-order chi connectivity index (χ0) is 13.6. The lowest BCUT2D eigenvalue weighted by Gasteiger charge is -2.29. The lowest BCUT2D eigenvalue weighted by Crippen LogP contribution is -2.28. The van der Waals surface area contributed by atoms with Crippen LogP contribution in [0.15, 0.2) is 11.6 Å². The van der Waals surface area contributed by atoms with Crippen LogP contribution >= 0.6 is 0 Å². The number of ether oxygens (including phenoxy) is 1. The Bertz CT molecular complexity index is 302. The van der Waals surface area contributed by atoms with Crippen LogP contribution in [0.1, 0.15) is 72.6 Å². The molecule has 0 aromatic carbocycles. The highest BCUT2D eigenvalue weighted by molar-refractivity contribution is 5.66. The van der Waals surface area contributed by atoms with Crippen molar-refractivity contribution in [3.8, 4) is 0 Å². The molecule has 1 aliphatic rings. The van der Waals surface area contributed by atoms with Gasteiger partial charge in [-0.15, -0.1) is 0 Å². The summed E-state index contributed by atoms with van der Waals surface area (Å²) >= 11 is 0. The van der Waals surface area contributed by atoms with Gasteiger partial charge >= 0.3 is 5.97 Å². The van der Waals surface area contributed by atoms with E-state index in [1.54, 1.807) is 5.57 Å². The number of carbonyl (C=O) groups is 1. The molecule has 0 saturated heterocycles. The minimum atomic E-state index is -0.308. The molecule has 1 unspecified atom stereocenters. The average Bonchev–Trinajstić information content (AvgIpc) is 2.26. The molecule has 1 fully saturated rings. The summed E-state index contributed by atoms with van der Waals surface area (Å²) in [5, 5.41) is 0. The first-order chi connectivity index (χ1) is 8.43. The Balaban J connectivity index is 2.38. The van der Waals surface area contributed by atoms with Crippen LogP contribution in [0.3, 0.4) is 0 Å². The maximum atomic E-state index is 11.0. The third-order valence-electron chi connectivity index (χ3n) is 3.73. The molecule has 0 amide bonds. The van der Waals surface area contributed by atoms with Crippen LogP contribution in [-0.2, 0) is 9.53 Å². The Morgan fingerprint density at radius 2 is 2.22 bits per heavy atom. The molecule has 104 valence electrons. The molecule has 1 atom stereocenters. The Morgan fingerprint density at radius 3 is 2.83 bits per heavy atom. The molecular weight excluding hydrogens is 224 g/mol. The van der Waals surface area contributed by atoms with Crippen LogP contribution in [0.2, 0.25) is 0 Å². The first-order valence-corrected chi connectivity index (χ1v) is 7.30. The Morgan fingerprint density at radius 1 is 1.50 bits per heavy atom. The molecule has 0 radical (unpaired) electrons. The Kier molecular flexibility index (Phi) is 5.90. The van der Waals surface area contributed by atoms with Crippen LogP contribution in [0, 0.1) is 5.92 Å². The van der Waals surface area contributed by atoms with Crippen molar-refractivity contribution in [1.82, 2.24) is 0 Å². The predicted octanol–water partition coefficient (Wildman–Crippen LogP) is 4.63. The predicted molar refractivity (Wildman–Crippen MR) is 75.4 cm³/mol. The summed E-state index contributed by atoms with van der Waals surface area (Å²) in [6.45, 7) is 7.73. The van der Waals surface area contributed by atoms with Gasteiger partial charge in [0.25, 0.3) is 0 Å². The highest BCUT2D eigenvalue weighted by Crippen LogP contribution is 2.33. The van der Waals surface area contributed by atoms with Crippen molar-refractivity contribution < 1.29 is 9.53 Å². The van der Waals surface area contributed by atoms with Gasteiger partial charge in [-0.05, 0) is 64.7 Å². The molecule has 2 nitrogen and oxygen atoms in total. The molecule has 0 aromatic heterocycles. The SMILES string of the molecule is CC/C=C1/CCCC(CCC(C)(C)OC(C)=O)C1. The summed E-state index contributed by atoms with van der Waals surface area (Å²) in [4.78, 5) is 11.0. The van der Waals surface area contributed by atoms with E-state index in [1.165, 1.54) is 39.0 Å². The summed E-state index contributed by atoms with van der Waals surface area (Å²) in [5.74, 6) is 0.613. The summed E-state index contributed by atoms with van der Waals surface area (Å²) < 4.78 is 5.35. The van der Waals surface area contributed by atoms with Crippen LogP contribution in [0.25, 0.3) is 0 Å². The van der Waals surface area contributed by atoms with E-state index in [1.807, 2.05) is 13.8 Å². The minimum absolute atomic E-state index is 0.171. The molecule has 0 bridgehead atoms. The van der Waals surface area contributed by atoms with Gasteiger partial charge < -0.3 is 4.74 Å². The molecule has 0 aliphatic heterocycles. The van der Waals surface area contributed by atoms with Gasteiger partial charge in [0.15, 0.2) is 0 Å². The number of esters is 1. The van der Waals surface area contributed by atoms with Crippen molar-refractivity contribution in [1.29, 1.82) is 0 Å². The fraction of sp³-hybridized carbons (Fsp3) is 0.812. The number of carbonyl (C=O) groups excluding carboxylic acids is 1. The molecule has 1 aliphatic carbocycles. The van der Waals surface area contributed by atoms with Crippen molar-refractivity contribution in [3.05, 3.63) is 11.6 Å². The molecule has 0 spiro atoms. The number of allylic oxidation sites excluding steroid dienone is 2. The zero-order valence-electron chi connectivity index (χ0n) is 12.4. The molecular formula is C16H28O2. The van der Waals surface area contributed by atoms with Crippen LogP contribution in [-0.4, -0.2) is 11.6 Å². The lowest BCUT2D eigenvalue weighted by atomic mass is 9.81. The first-order valence-electron chi connectivity index (χ1n) is 7.30. The van der Waals surface area contributed by atoms with E-state index in [4.69, 9.17) is 4.74 Å². The highest BCUT2D eigenvalue weighted by atomic mass is 16.6. The summed E-state index contributed by atoms with van der Waals surface area (Å²) in [6.07, 6.45) is 10.9. The van der Waals surface area contributed by atoms with E-state index in [2.05, 4.69) is 13.0 Å². The van der Waals surface area contributed by atoms with Crippen molar-refractivity contribution in [3.63, 3.8) is 0 Å². The normalized spacial score (nSPS) is 23.1. The molecule has 0 N–H and O–H groups in total. The summed E-state index contributed by atoms with van der Waals surface area (Å²) in [6, 6.07) is 0. The van der Waals surface area contributed by atoms with Crippen molar-refractivity contribution in [2.24, 2.45) is 5.92 Å². The van der Waals surface area contributed by atoms with Gasteiger partial charge in [0.2, 0.25) is 0 Å². The molecule has 1 saturated carbocycles. The molecule has 0 aromatic rings. The van der Waals surface area contributed by atoms with Crippen LogP contribution in [0.4, 0.5) is 0 Å². The summed E-state index contributed by atoms with van der Waals surface area (Å²) in [7, 11) is 0. The highest BCUT2D eigenvalue weighted by Gasteiger charge is 2.24. The maximum Gasteiger partial charge on any atom is 0.303 e. The monoisotopic (exact) mass is 252 g/mol. The van der Waals surface area contributed by atoms with Crippen molar-refractivity contribution in [2.75, 3.05) is 0 Å². The number of hydrogen-bond acceptors (Lipinski definition) is 2. The van der Waals surface area contributed by atoms with Crippen molar-refractivity contribution in [2.45, 2.75) is 78.2 Å². The number of hydrogen-bond donors (Lipinski definition) is 0. The summed E-state index contributed by atoms with van der Waals surface area (Å²) in [5.41, 5.74) is 1.33. The fourth-order valence-electron chi connectivity index (χ4n) is 2.91. The van der Waals surface area contributed by atoms with Crippen molar-refractivity contribution >= 4 is 5.97 Å². The van der Waals surface area contributed by atoms with Gasteiger partial charge in [0.1, 0.15) is 5.60 Å². The molecule has 1 rings (SSSR count). The first kappa shape index (κ1) is 15.3. The van der Waals surface area contributed by atoms with E-state index in [0.717, 1.165) is 18.8 Å². The standard InChI is InChI=1S/C16H28O2/c1-5-7-14-8-6-9-15(12-14)10-11-16(3,4)18-13(2)17/h7,15H,5-6,8-12H2,1-4H3/b14-7-. The quantitative estimate of drug-likeness (QED) is 0.526. The Labute approximate surface area is 112 Å². The van der Waals surface area contributed by atoms with Crippen LogP contribution < -0.4 is 0 Å². The smallest absolute Gasteiger partial charge is 0.303 e. The largest absolute Gasteiger partial charge is 0.460 e. The molecule has 0 heterocycles. The third kappa shape index (κ3) is 5.70. The third-order valence-corrected chi connectivity index (χ3v) is 3.73. The average molecular weight is 252 g/mol.